The number of carboxylic acid groups (broad SMARTS) is 1. The average Bonchev–Trinajstić information content (AvgIpc) is 3.73. The Labute approximate surface area is 367 Å². The summed E-state index contributed by atoms with van der Waals surface area (Å²) >= 11 is 3.43. The average molecular weight is 911 g/mol. The first-order valence-corrected chi connectivity index (χ1v) is 23.4. The minimum Gasteiger partial charge on any atom is -0.480 e. The standard InChI is InChI=1S/C33H44FN3O5.C15H18BrFO2/c34-24-7-9-27(29-10-12-33(22-42-29)13-18-40-19-14-33)28(20-24)30(32(38)39)37-16-11-26(21-37)41-17-2-1-5-25-8-6-23-4-3-15-35-31(23)36-25;16-13-9-11(17)1-2-12(13)14-3-4-15(10-19-14)5-7-18-8-6-15/h6-9,20,26,29-30H,1-5,10-19,21-22H2,(H,35,36)(H,38,39);1-2,9,14H,3-8,10H2/t26-,29?,30?;/m1./s1. The van der Waals surface area contributed by atoms with Crippen LogP contribution < -0.4 is 5.32 Å². The van der Waals surface area contributed by atoms with E-state index in [2.05, 4.69) is 33.4 Å². The predicted molar refractivity (Wildman–Crippen MR) is 232 cm³/mol. The van der Waals surface area contributed by atoms with Crippen LogP contribution in [0.1, 0.15) is 123 Å². The number of fused-ring (bicyclic) bond motifs is 1. The number of hydrogen-bond acceptors (Lipinski definition) is 9. The number of halogens is 3. The summed E-state index contributed by atoms with van der Waals surface area (Å²) in [6.45, 7) is 7.40. The van der Waals surface area contributed by atoms with Crippen LogP contribution in [0, 0.1) is 22.5 Å². The summed E-state index contributed by atoms with van der Waals surface area (Å²) in [5.41, 5.74) is 5.23. The monoisotopic (exact) mass is 909 g/mol. The third-order valence-corrected chi connectivity index (χ3v) is 14.8. The van der Waals surface area contributed by atoms with Gasteiger partial charge in [0.2, 0.25) is 0 Å². The number of pyridine rings is 1. The Morgan fingerprint density at radius 2 is 1.52 bits per heavy atom. The first-order chi connectivity index (χ1) is 29.7. The maximum atomic E-state index is 14.5. The van der Waals surface area contributed by atoms with Crippen LogP contribution in [-0.4, -0.2) is 92.9 Å². The third-order valence-electron chi connectivity index (χ3n) is 14.1. The first kappa shape index (κ1) is 44.6. The molecule has 2 N–H and O–H groups in total. The summed E-state index contributed by atoms with van der Waals surface area (Å²) in [4.78, 5) is 19.3. The van der Waals surface area contributed by atoms with Crippen molar-refractivity contribution in [2.45, 2.75) is 114 Å². The van der Waals surface area contributed by atoms with Crippen LogP contribution in [0.2, 0.25) is 0 Å². The van der Waals surface area contributed by atoms with Gasteiger partial charge in [-0.25, -0.2) is 13.8 Å². The Bertz CT molecular complexity index is 1920. The molecule has 0 aliphatic carbocycles. The number of carbonyl (C=O) groups is 1. The zero-order valence-corrected chi connectivity index (χ0v) is 36.9. The van der Waals surface area contributed by atoms with E-state index in [9.17, 15) is 18.7 Å². The number of hydrogen-bond donors (Lipinski definition) is 2. The minimum absolute atomic E-state index is 0.0331. The predicted octanol–water partition coefficient (Wildman–Crippen LogP) is 9.70. The number of benzene rings is 2. The van der Waals surface area contributed by atoms with Crippen molar-refractivity contribution in [3.8, 4) is 0 Å². The van der Waals surface area contributed by atoms with Gasteiger partial charge in [-0.2, -0.15) is 0 Å². The molecule has 9 rings (SSSR count). The summed E-state index contributed by atoms with van der Waals surface area (Å²) in [5, 5.41) is 13.7. The van der Waals surface area contributed by atoms with Crippen molar-refractivity contribution in [1.82, 2.24) is 9.88 Å². The Balaban J connectivity index is 0.000000225. The SMILES string of the molecule is Fc1ccc(C2CCC3(CCOCC3)CO2)c(Br)c1.O=C(O)C(c1cc(F)ccc1C1CCC2(CCOCC2)CO1)N1CC[C@@H](OCCCCc2ccc3c(n2)NCCC3)C1. The molecule has 0 bridgehead atoms. The summed E-state index contributed by atoms with van der Waals surface area (Å²) in [7, 11) is 0. The molecule has 3 unspecified atom stereocenters. The zero-order chi connectivity index (χ0) is 42.2. The minimum atomic E-state index is -0.966. The molecule has 13 heteroatoms. The van der Waals surface area contributed by atoms with Crippen LogP contribution in [0.15, 0.2) is 53.0 Å². The van der Waals surface area contributed by atoms with Gasteiger partial charge in [0, 0.05) is 62.8 Å². The van der Waals surface area contributed by atoms with Crippen molar-refractivity contribution in [3.05, 3.63) is 92.6 Å². The van der Waals surface area contributed by atoms with E-state index in [4.69, 9.17) is 28.7 Å². The number of aromatic nitrogens is 1. The lowest BCUT2D eigenvalue weighted by Gasteiger charge is -2.43. The van der Waals surface area contributed by atoms with E-state index in [0.717, 1.165) is 150 Å². The zero-order valence-electron chi connectivity index (χ0n) is 35.3. The van der Waals surface area contributed by atoms with Crippen molar-refractivity contribution in [2.24, 2.45) is 10.8 Å². The molecule has 61 heavy (non-hydrogen) atoms. The van der Waals surface area contributed by atoms with Crippen molar-refractivity contribution in [1.29, 1.82) is 0 Å². The van der Waals surface area contributed by atoms with E-state index in [-0.39, 0.29) is 29.5 Å². The van der Waals surface area contributed by atoms with Crippen LogP contribution in [0.5, 0.6) is 0 Å². The fraction of sp³-hybridized carbons (Fsp3) is 0.625. The van der Waals surface area contributed by atoms with Gasteiger partial charge in [0.15, 0.2) is 0 Å². The van der Waals surface area contributed by atoms with Gasteiger partial charge in [-0.05, 0) is 153 Å². The molecule has 4 atom stereocenters. The normalized spacial score (nSPS) is 25.3. The smallest absolute Gasteiger partial charge is 0.325 e. The highest BCUT2D eigenvalue weighted by molar-refractivity contribution is 9.10. The number of unbranched alkanes of at least 4 members (excludes halogenated alkanes) is 1. The third kappa shape index (κ3) is 11.2. The van der Waals surface area contributed by atoms with Crippen LogP contribution >= 0.6 is 15.9 Å². The number of nitrogens with one attached hydrogen (secondary N) is 1. The lowest BCUT2D eigenvalue weighted by atomic mass is 9.74. The molecule has 0 saturated carbocycles. The number of aryl methyl sites for hydroxylation is 2. The second-order valence-corrected chi connectivity index (χ2v) is 19.0. The van der Waals surface area contributed by atoms with E-state index >= 15 is 0 Å². The maximum Gasteiger partial charge on any atom is 0.325 e. The molecule has 332 valence electrons. The van der Waals surface area contributed by atoms with Crippen molar-refractivity contribution < 1.29 is 42.4 Å². The number of likely N-dealkylation sites (tertiary alicyclic amines) is 1. The first-order valence-electron chi connectivity index (χ1n) is 22.6. The maximum absolute atomic E-state index is 14.5. The molecule has 6 aliphatic rings. The van der Waals surface area contributed by atoms with E-state index in [1.165, 1.54) is 36.2 Å². The summed E-state index contributed by atoms with van der Waals surface area (Å²) in [6, 6.07) is 12.8. The van der Waals surface area contributed by atoms with Gasteiger partial charge >= 0.3 is 5.97 Å². The number of ether oxygens (including phenoxy) is 5. The van der Waals surface area contributed by atoms with Crippen LogP contribution in [0.25, 0.3) is 0 Å². The van der Waals surface area contributed by atoms with E-state index in [0.29, 0.717) is 37.3 Å². The number of aliphatic carboxylic acids is 1. The van der Waals surface area contributed by atoms with Crippen molar-refractivity contribution in [2.75, 3.05) is 71.2 Å². The van der Waals surface area contributed by atoms with Crippen molar-refractivity contribution >= 4 is 27.7 Å². The van der Waals surface area contributed by atoms with Crippen LogP contribution in [-0.2, 0) is 41.3 Å². The number of nitrogens with zero attached hydrogens (tertiary/aromatic N) is 2. The highest BCUT2D eigenvalue weighted by Crippen LogP contribution is 2.47. The van der Waals surface area contributed by atoms with Gasteiger partial charge in [-0.3, -0.25) is 9.69 Å². The lowest BCUT2D eigenvalue weighted by Crippen LogP contribution is -2.39. The largest absolute Gasteiger partial charge is 0.480 e. The molecule has 3 aromatic rings. The Morgan fingerprint density at radius 1 is 0.869 bits per heavy atom. The number of anilines is 1. The second kappa shape index (κ2) is 20.6. The van der Waals surface area contributed by atoms with Gasteiger partial charge in [-0.1, -0.05) is 34.1 Å². The molecule has 1 aromatic heterocycles. The summed E-state index contributed by atoms with van der Waals surface area (Å²) < 4.78 is 58.1. The Kier molecular flexibility index (Phi) is 15.1. The Hall–Kier alpha value is -3.04. The molecule has 2 aromatic carbocycles. The molecule has 0 amide bonds. The molecule has 10 nitrogen and oxygen atoms in total. The van der Waals surface area contributed by atoms with E-state index < -0.39 is 17.8 Å². The lowest BCUT2D eigenvalue weighted by molar-refractivity contribution is -0.143. The van der Waals surface area contributed by atoms with Crippen LogP contribution in [0.4, 0.5) is 14.6 Å². The molecule has 0 radical (unpaired) electrons. The second-order valence-electron chi connectivity index (χ2n) is 18.2. The fourth-order valence-corrected chi connectivity index (χ4v) is 10.8. The van der Waals surface area contributed by atoms with Crippen molar-refractivity contribution in [3.63, 3.8) is 0 Å². The molecule has 6 aliphatic heterocycles. The van der Waals surface area contributed by atoms with E-state index in [1.54, 1.807) is 6.07 Å². The topological polar surface area (TPSA) is 112 Å². The molecule has 7 heterocycles. The molecule has 5 fully saturated rings. The molecule has 5 saturated heterocycles. The van der Waals surface area contributed by atoms with E-state index in [1.807, 2.05) is 11.0 Å². The van der Waals surface area contributed by atoms with Gasteiger partial charge in [0.05, 0.1) is 31.5 Å². The highest BCUT2D eigenvalue weighted by atomic mass is 79.9. The van der Waals surface area contributed by atoms with Gasteiger partial charge in [0.1, 0.15) is 23.5 Å². The number of rotatable bonds is 11. The Morgan fingerprint density at radius 3 is 2.16 bits per heavy atom. The molecular weight excluding hydrogens is 848 g/mol. The van der Waals surface area contributed by atoms with Gasteiger partial charge in [-0.15, -0.1) is 0 Å². The van der Waals surface area contributed by atoms with Crippen LogP contribution in [0.3, 0.4) is 0 Å². The fourth-order valence-electron chi connectivity index (χ4n) is 10.2. The number of carboxylic acids is 1. The quantitative estimate of drug-likeness (QED) is 0.181. The summed E-state index contributed by atoms with van der Waals surface area (Å²) in [6.07, 6.45) is 13.8. The highest BCUT2D eigenvalue weighted by Gasteiger charge is 2.41. The van der Waals surface area contributed by atoms with Gasteiger partial charge < -0.3 is 34.1 Å². The van der Waals surface area contributed by atoms with Gasteiger partial charge in [0.25, 0.3) is 0 Å². The molecule has 2 spiro atoms. The molecular formula is C48H62BrF2N3O7. The summed E-state index contributed by atoms with van der Waals surface area (Å²) in [5.74, 6) is -0.569.